The largest absolute Gasteiger partial charge is 0.393 e. The lowest BCUT2D eigenvalue weighted by Gasteiger charge is -2.34. The zero-order chi connectivity index (χ0) is 12.3. The first kappa shape index (κ1) is 12.3. The van der Waals surface area contributed by atoms with Gasteiger partial charge in [-0.15, -0.1) is 0 Å². The first-order valence-electron chi connectivity index (χ1n) is 6.17. The van der Waals surface area contributed by atoms with Gasteiger partial charge in [0.1, 0.15) is 5.82 Å². The summed E-state index contributed by atoms with van der Waals surface area (Å²) in [6.07, 6.45) is 3.71. The molecule has 0 spiro atoms. The average Bonchev–Trinajstić information content (AvgIpc) is 2.28. The summed E-state index contributed by atoms with van der Waals surface area (Å²) in [5.74, 6) is 1.63. The monoisotopic (exact) mass is 235 g/mol. The van der Waals surface area contributed by atoms with Gasteiger partial charge in [-0.2, -0.15) is 0 Å². The Morgan fingerprint density at radius 3 is 2.76 bits per heavy atom. The lowest BCUT2D eigenvalue weighted by atomic mass is 9.82. The molecule has 1 fully saturated rings. The van der Waals surface area contributed by atoms with Crippen LogP contribution < -0.4 is 10.2 Å². The minimum absolute atomic E-state index is 0.0700. The average molecular weight is 235 g/mol. The topological polar surface area (TPSA) is 48.4 Å². The van der Waals surface area contributed by atoms with E-state index in [9.17, 15) is 5.11 Å². The van der Waals surface area contributed by atoms with E-state index in [4.69, 9.17) is 0 Å². The normalized spacial score (nSPS) is 23.2. The zero-order valence-electron chi connectivity index (χ0n) is 10.6. The van der Waals surface area contributed by atoms with Crippen molar-refractivity contribution in [3.63, 3.8) is 0 Å². The van der Waals surface area contributed by atoms with E-state index in [1.807, 2.05) is 13.2 Å². The molecule has 0 aliphatic heterocycles. The molecule has 0 radical (unpaired) electrons. The Balaban J connectivity index is 1.87. The molecule has 1 aromatic rings. The first-order chi connectivity index (χ1) is 8.19. The van der Waals surface area contributed by atoms with E-state index < -0.39 is 0 Å². The van der Waals surface area contributed by atoms with Crippen molar-refractivity contribution >= 4 is 5.82 Å². The Labute approximate surface area is 103 Å². The van der Waals surface area contributed by atoms with Gasteiger partial charge in [0, 0.05) is 26.3 Å². The third kappa shape index (κ3) is 3.17. The van der Waals surface area contributed by atoms with Crippen LogP contribution in [0.15, 0.2) is 18.3 Å². The molecule has 2 rings (SSSR count). The summed E-state index contributed by atoms with van der Waals surface area (Å²) in [6.45, 7) is 1.83. The van der Waals surface area contributed by atoms with Crippen LogP contribution in [0.2, 0.25) is 0 Å². The van der Waals surface area contributed by atoms with Crippen molar-refractivity contribution in [3.05, 3.63) is 23.9 Å². The minimum atomic E-state index is -0.0700. The van der Waals surface area contributed by atoms with Gasteiger partial charge in [0.05, 0.1) is 6.10 Å². The summed E-state index contributed by atoms with van der Waals surface area (Å²) in [5.41, 5.74) is 1.20. The van der Waals surface area contributed by atoms with Crippen molar-refractivity contribution in [2.24, 2.45) is 5.92 Å². The third-order valence-electron chi connectivity index (χ3n) is 3.32. The Morgan fingerprint density at radius 1 is 1.47 bits per heavy atom. The molecule has 4 heteroatoms. The lowest BCUT2D eigenvalue weighted by molar-refractivity contribution is 0.0464. The Bertz CT molecular complexity index is 346. The fourth-order valence-corrected chi connectivity index (χ4v) is 2.28. The van der Waals surface area contributed by atoms with Gasteiger partial charge in [0.15, 0.2) is 0 Å². The van der Waals surface area contributed by atoms with E-state index in [1.165, 1.54) is 5.56 Å². The van der Waals surface area contributed by atoms with Gasteiger partial charge in [-0.3, -0.25) is 0 Å². The molecular formula is C13H21N3O. The van der Waals surface area contributed by atoms with Gasteiger partial charge in [0.2, 0.25) is 0 Å². The van der Waals surface area contributed by atoms with Gasteiger partial charge in [0.25, 0.3) is 0 Å². The number of hydrogen-bond donors (Lipinski definition) is 2. The van der Waals surface area contributed by atoms with E-state index in [1.54, 1.807) is 0 Å². The number of nitrogens with one attached hydrogen (secondary N) is 1. The molecule has 0 aromatic carbocycles. The second kappa shape index (κ2) is 5.47. The molecule has 1 aliphatic carbocycles. The number of anilines is 1. The van der Waals surface area contributed by atoms with Gasteiger partial charge in [-0.25, -0.2) is 4.98 Å². The molecule has 17 heavy (non-hydrogen) atoms. The minimum Gasteiger partial charge on any atom is -0.393 e. The summed E-state index contributed by atoms with van der Waals surface area (Å²) >= 11 is 0. The van der Waals surface area contributed by atoms with Crippen molar-refractivity contribution in [1.29, 1.82) is 0 Å². The van der Waals surface area contributed by atoms with E-state index in [0.29, 0.717) is 5.92 Å². The number of aliphatic hydroxyl groups is 1. The molecule has 1 saturated carbocycles. The fraction of sp³-hybridized carbons (Fsp3) is 0.615. The first-order valence-corrected chi connectivity index (χ1v) is 6.17. The van der Waals surface area contributed by atoms with Crippen LogP contribution in [-0.2, 0) is 6.54 Å². The SMILES string of the molecule is CNCc1ccc(N(C)CC2CC(O)C2)nc1. The fourth-order valence-electron chi connectivity index (χ4n) is 2.28. The molecule has 2 N–H and O–H groups in total. The number of nitrogens with zero attached hydrogens (tertiary/aromatic N) is 2. The van der Waals surface area contributed by atoms with Crippen LogP contribution in [0.5, 0.6) is 0 Å². The molecule has 0 atom stereocenters. The quantitative estimate of drug-likeness (QED) is 0.799. The zero-order valence-corrected chi connectivity index (χ0v) is 10.6. The molecule has 1 heterocycles. The van der Waals surface area contributed by atoms with Crippen molar-refractivity contribution in [1.82, 2.24) is 10.3 Å². The molecule has 0 saturated heterocycles. The lowest BCUT2D eigenvalue weighted by Crippen LogP contribution is -2.37. The van der Waals surface area contributed by atoms with E-state index >= 15 is 0 Å². The van der Waals surface area contributed by atoms with Gasteiger partial charge >= 0.3 is 0 Å². The van der Waals surface area contributed by atoms with Gasteiger partial charge in [-0.05, 0) is 37.4 Å². The summed E-state index contributed by atoms with van der Waals surface area (Å²) in [4.78, 5) is 6.62. The van der Waals surface area contributed by atoms with Crippen LogP contribution in [0.3, 0.4) is 0 Å². The van der Waals surface area contributed by atoms with Crippen molar-refractivity contribution in [2.75, 3.05) is 25.5 Å². The number of pyridine rings is 1. The molecular weight excluding hydrogens is 214 g/mol. The number of rotatable bonds is 5. The van der Waals surface area contributed by atoms with Crippen molar-refractivity contribution < 1.29 is 5.11 Å². The standard InChI is InChI=1S/C13H21N3O/c1-14-7-10-3-4-13(15-8-10)16(2)9-11-5-12(17)6-11/h3-4,8,11-12,14,17H,5-7,9H2,1-2H3. The summed E-state index contributed by atoms with van der Waals surface area (Å²) in [6, 6.07) is 4.16. The second-order valence-corrected chi connectivity index (χ2v) is 4.93. The second-order valence-electron chi connectivity index (χ2n) is 4.93. The molecule has 1 aromatic heterocycles. The third-order valence-corrected chi connectivity index (χ3v) is 3.32. The highest BCUT2D eigenvalue weighted by atomic mass is 16.3. The molecule has 94 valence electrons. The molecule has 4 nitrogen and oxygen atoms in total. The molecule has 1 aliphatic rings. The maximum absolute atomic E-state index is 9.26. The van der Waals surface area contributed by atoms with Crippen LogP contribution in [-0.4, -0.2) is 36.8 Å². The Kier molecular flexibility index (Phi) is 3.97. The highest BCUT2D eigenvalue weighted by Crippen LogP contribution is 2.28. The molecule has 0 bridgehead atoms. The van der Waals surface area contributed by atoms with Crippen molar-refractivity contribution in [2.45, 2.75) is 25.5 Å². The molecule has 0 amide bonds. The number of hydrogen-bond acceptors (Lipinski definition) is 4. The maximum atomic E-state index is 9.26. The smallest absolute Gasteiger partial charge is 0.128 e. The van der Waals surface area contributed by atoms with Gasteiger partial charge in [-0.1, -0.05) is 6.07 Å². The van der Waals surface area contributed by atoms with Crippen molar-refractivity contribution in [3.8, 4) is 0 Å². The highest BCUT2D eigenvalue weighted by Gasteiger charge is 2.28. The molecule has 0 unspecified atom stereocenters. The maximum Gasteiger partial charge on any atom is 0.128 e. The summed E-state index contributed by atoms with van der Waals surface area (Å²) in [7, 11) is 3.99. The summed E-state index contributed by atoms with van der Waals surface area (Å²) in [5, 5.41) is 12.4. The van der Waals surface area contributed by atoms with E-state index in [0.717, 1.165) is 31.7 Å². The predicted octanol–water partition coefficient (Wildman–Crippen LogP) is 1.01. The number of aromatic nitrogens is 1. The summed E-state index contributed by atoms with van der Waals surface area (Å²) < 4.78 is 0. The van der Waals surface area contributed by atoms with Crippen LogP contribution in [0, 0.1) is 5.92 Å². The van der Waals surface area contributed by atoms with Crippen LogP contribution in [0.25, 0.3) is 0 Å². The predicted molar refractivity (Wildman–Crippen MR) is 69.0 cm³/mol. The van der Waals surface area contributed by atoms with Crippen LogP contribution in [0.1, 0.15) is 18.4 Å². The van der Waals surface area contributed by atoms with Crippen LogP contribution >= 0.6 is 0 Å². The Morgan fingerprint density at radius 2 is 2.24 bits per heavy atom. The van der Waals surface area contributed by atoms with Gasteiger partial charge < -0.3 is 15.3 Å². The van der Waals surface area contributed by atoms with E-state index in [2.05, 4.69) is 34.4 Å². The van der Waals surface area contributed by atoms with E-state index in [-0.39, 0.29) is 6.10 Å². The highest BCUT2D eigenvalue weighted by molar-refractivity contribution is 5.38. The Hall–Kier alpha value is -1.13. The number of aliphatic hydroxyl groups excluding tert-OH is 1. The van der Waals surface area contributed by atoms with Crippen LogP contribution in [0.4, 0.5) is 5.82 Å².